The van der Waals surface area contributed by atoms with Crippen LogP contribution in [-0.2, 0) is 17.8 Å². The van der Waals surface area contributed by atoms with Gasteiger partial charge in [-0.15, -0.1) is 0 Å². The monoisotopic (exact) mass is 265 g/mol. The van der Waals surface area contributed by atoms with E-state index in [9.17, 15) is 0 Å². The average molecular weight is 265 g/mol. The summed E-state index contributed by atoms with van der Waals surface area (Å²) >= 11 is 0. The Kier molecular flexibility index (Phi) is 5.40. The normalized spacial score (nSPS) is 17.3. The van der Waals surface area contributed by atoms with Gasteiger partial charge in [-0.3, -0.25) is 4.68 Å². The topological polar surface area (TPSA) is 39.1 Å². The van der Waals surface area contributed by atoms with E-state index < -0.39 is 0 Å². The zero-order valence-corrected chi connectivity index (χ0v) is 12.5. The SMILES string of the molecule is Cc1nn(CC2CCOCC2)cc1CNCC(C)C. The van der Waals surface area contributed by atoms with Crippen LogP contribution in [0.5, 0.6) is 0 Å². The van der Waals surface area contributed by atoms with Crippen LogP contribution in [0.2, 0.25) is 0 Å². The zero-order chi connectivity index (χ0) is 13.7. The molecule has 0 atom stereocenters. The van der Waals surface area contributed by atoms with Crippen molar-refractivity contribution in [2.24, 2.45) is 11.8 Å². The minimum absolute atomic E-state index is 0.692. The molecule has 0 aliphatic carbocycles. The smallest absolute Gasteiger partial charge is 0.0638 e. The van der Waals surface area contributed by atoms with Gasteiger partial charge in [0.05, 0.1) is 5.69 Å². The number of hydrogen-bond acceptors (Lipinski definition) is 3. The first-order valence-electron chi connectivity index (χ1n) is 7.46. The lowest BCUT2D eigenvalue weighted by Crippen LogP contribution is -2.20. The molecule has 0 bridgehead atoms. The molecule has 1 aliphatic heterocycles. The fraction of sp³-hybridized carbons (Fsp3) is 0.800. The molecule has 108 valence electrons. The van der Waals surface area contributed by atoms with Gasteiger partial charge in [0.15, 0.2) is 0 Å². The van der Waals surface area contributed by atoms with E-state index in [-0.39, 0.29) is 0 Å². The van der Waals surface area contributed by atoms with Gasteiger partial charge in [-0.2, -0.15) is 5.10 Å². The van der Waals surface area contributed by atoms with Gasteiger partial charge in [0.2, 0.25) is 0 Å². The molecule has 2 heterocycles. The molecule has 0 spiro atoms. The number of ether oxygens (including phenoxy) is 1. The number of rotatable bonds is 6. The van der Waals surface area contributed by atoms with Crippen molar-refractivity contribution in [2.75, 3.05) is 19.8 Å². The van der Waals surface area contributed by atoms with Crippen LogP contribution in [-0.4, -0.2) is 29.5 Å². The summed E-state index contributed by atoms with van der Waals surface area (Å²) in [6.45, 7) is 11.4. The summed E-state index contributed by atoms with van der Waals surface area (Å²) in [5, 5.41) is 8.12. The van der Waals surface area contributed by atoms with E-state index in [1.165, 1.54) is 18.4 Å². The molecule has 0 radical (unpaired) electrons. The summed E-state index contributed by atoms with van der Waals surface area (Å²) in [7, 11) is 0. The number of aryl methyl sites for hydroxylation is 1. The van der Waals surface area contributed by atoms with E-state index in [2.05, 4.69) is 42.1 Å². The van der Waals surface area contributed by atoms with Gasteiger partial charge in [-0.05, 0) is 38.1 Å². The number of nitrogens with one attached hydrogen (secondary N) is 1. The van der Waals surface area contributed by atoms with Crippen LogP contribution in [0.1, 0.15) is 37.9 Å². The molecule has 0 saturated carbocycles. The molecular formula is C15H27N3O. The van der Waals surface area contributed by atoms with E-state index in [0.29, 0.717) is 5.92 Å². The lowest BCUT2D eigenvalue weighted by Gasteiger charge is -2.21. The molecule has 1 aromatic rings. The lowest BCUT2D eigenvalue weighted by molar-refractivity contribution is 0.0601. The third-order valence-corrected chi connectivity index (χ3v) is 3.70. The summed E-state index contributed by atoms with van der Waals surface area (Å²) in [5.74, 6) is 1.42. The van der Waals surface area contributed by atoms with Crippen molar-refractivity contribution in [1.82, 2.24) is 15.1 Å². The number of aromatic nitrogens is 2. The Labute approximate surface area is 116 Å². The summed E-state index contributed by atoms with van der Waals surface area (Å²) in [4.78, 5) is 0. The van der Waals surface area contributed by atoms with Crippen molar-refractivity contribution in [2.45, 2.75) is 46.7 Å². The molecule has 0 aromatic carbocycles. The Morgan fingerprint density at radius 3 is 2.84 bits per heavy atom. The molecule has 0 unspecified atom stereocenters. The maximum absolute atomic E-state index is 5.40. The third-order valence-electron chi connectivity index (χ3n) is 3.70. The predicted octanol–water partition coefficient (Wildman–Crippen LogP) is 2.36. The van der Waals surface area contributed by atoms with E-state index in [4.69, 9.17) is 4.74 Å². The van der Waals surface area contributed by atoms with Gasteiger partial charge in [-0.1, -0.05) is 13.8 Å². The largest absolute Gasteiger partial charge is 0.381 e. The van der Waals surface area contributed by atoms with E-state index in [1.807, 2.05) is 0 Å². The second-order valence-corrected chi connectivity index (χ2v) is 6.04. The summed E-state index contributed by atoms with van der Waals surface area (Å²) in [5.41, 5.74) is 2.48. The van der Waals surface area contributed by atoms with Crippen LogP contribution in [0, 0.1) is 18.8 Å². The lowest BCUT2D eigenvalue weighted by atomic mass is 10.0. The van der Waals surface area contributed by atoms with Crippen LogP contribution in [0.4, 0.5) is 0 Å². The molecule has 4 nitrogen and oxygen atoms in total. The standard InChI is InChI=1S/C15H27N3O/c1-12(2)8-16-9-15-11-18(17-13(15)3)10-14-4-6-19-7-5-14/h11-12,14,16H,4-10H2,1-3H3. The minimum Gasteiger partial charge on any atom is -0.381 e. The maximum Gasteiger partial charge on any atom is 0.0638 e. The molecule has 2 rings (SSSR count). The molecule has 19 heavy (non-hydrogen) atoms. The highest BCUT2D eigenvalue weighted by molar-refractivity contribution is 5.15. The average Bonchev–Trinajstić information content (AvgIpc) is 2.70. The van der Waals surface area contributed by atoms with Gasteiger partial charge < -0.3 is 10.1 Å². The predicted molar refractivity (Wildman–Crippen MR) is 77.1 cm³/mol. The van der Waals surface area contributed by atoms with Crippen LogP contribution in [0.15, 0.2) is 6.20 Å². The van der Waals surface area contributed by atoms with Crippen LogP contribution in [0.3, 0.4) is 0 Å². The highest BCUT2D eigenvalue weighted by atomic mass is 16.5. The van der Waals surface area contributed by atoms with Crippen molar-refractivity contribution in [3.8, 4) is 0 Å². The minimum atomic E-state index is 0.692. The molecule has 1 aliphatic rings. The first kappa shape index (κ1) is 14.5. The van der Waals surface area contributed by atoms with Crippen LogP contribution in [0.25, 0.3) is 0 Å². The first-order chi connectivity index (χ1) is 9.15. The molecular weight excluding hydrogens is 238 g/mol. The van der Waals surface area contributed by atoms with Gasteiger partial charge >= 0.3 is 0 Å². The number of nitrogens with zero attached hydrogens (tertiary/aromatic N) is 2. The van der Waals surface area contributed by atoms with Crippen molar-refractivity contribution in [1.29, 1.82) is 0 Å². The summed E-state index contributed by atoms with van der Waals surface area (Å²) < 4.78 is 7.52. The van der Waals surface area contributed by atoms with Crippen molar-refractivity contribution >= 4 is 0 Å². The fourth-order valence-corrected chi connectivity index (χ4v) is 2.52. The van der Waals surface area contributed by atoms with Gasteiger partial charge in [-0.25, -0.2) is 0 Å². The Balaban J connectivity index is 1.84. The van der Waals surface area contributed by atoms with Crippen molar-refractivity contribution < 1.29 is 4.74 Å². The highest BCUT2D eigenvalue weighted by Gasteiger charge is 2.15. The Morgan fingerprint density at radius 2 is 2.16 bits per heavy atom. The summed E-state index contributed by atoms with van der Waals surface area (Å²) in [6.07, 6.45) is 4.54. The molecule has 1 saturated heterocycles. The molecule has 1 N–H and O–H groups in total. The van der Waals surface area contributed by atoms with Gasteiger partial charge in [0.25, 0.3) is 0 Å². The quantitative estimate of drug-likeness (QED) is 0.858. The van der Waals surface area contributed by atoms with Gasteiger partial charge in [0.1, 0.15) is 0 Å². The van der Waals surface area contributed by atoms with E-state index in [1.54, 1.807) is 0 Å². The molecule has 1 aromatic heterocycles. The van der Waals surface area contributed by atoms with Crippen molar-refractivity contribution in [3.63, 3.8) is 0 Å². The molecule has 0 amide bonds. The van der Waals surface area contributed by atoms with E-state index >= 15 is 0 Å². The third kappa shape index (κ3) is 4.62. The number of hydrogen-bond donors (Lipinski definition) is 1. The maximum atomic E-state index is 5.40. The Morgan fingerprint density at radius 1 is 1.42 bits per heavy atom. The fourth-order valence-electron chi connectivity index (χ4n) is 2.52. The highest BCUT2D eigenvalue weighted by Crippen LogP contribution is 2.17. The Hall–Kier alpha value is -0.870. The van der Waals surface area contributed by atoms with E-state index in [0.717, 1.165) is 44.5 Å². The zero-order valence-electron chi connectivity index (χ0n) is 12.5. The molecule has 1 fully saturated rings. The van der Waals surface area contributed by atoms with Crippen molar-refractivity contribution in [3.05, 3.63) is 17.5 Å². The Bertz CT molecular complexity index is 381. The van der Waals surface area contributed by atoms with Gasteiger partial charge in [0, 0.05) is 38.1 Å². The second kappa shape index (κ2) is 7.06. The molecule has 4 heteroatoms. The first-order valence-corrected chi connectivity index (χ1v) is 7.46. The van der Waals surface area contributed by atoms with Crippen LogP contribution < -0.4 is 5.32 Å². The van der Waals surface area contributed by atoms with Crippen LogP contribution >= 0.6 is 0 Å². The second-order valence-electron chi connectivity index (χ2n) is 6.04. The summed E-state index contributed by atoms with van der Waals surface area (Å²) in [6, 6.07) is 0.